The Labute approximate surface area is 54.9 Å². The van der Waals surface area contributed by atoms with Gasteiger partial charge < -0.3 is 4.74 Å². The predicted molar refractivity (Wildman–Crippen MR) is 34.1 cm³/mol. The van der Waals surface area contributed by atoms with E-state index < -0.39 is 9.84 Å². The maximum Gasteiger partial charge on any atom is 0.155 e. The molecule has 0 aromatic rings. The van der Waals surface area contributed by atoms with E-state index in [1.165, 1.54) is 0 Å². The van der Waals surface area contributed by atoms with E-state index in [1.54, 1.807) is 6.92 Å². The summed E-state index contributed by atoms with van der Waals surface area (Å²) in [4.78, 5) is 0. The van der Waals surface area contributed by atoms with Crippen molar-refractivity contribution in [1.82, 2.24) is 0 Å². The van der Waals surface area contributed by atoms with Gasteiger partial charge in [0.1, 0.15) is 0 Å². The van der Waals surface area contributed by atoms with Crippen LogP contribution in [0.4, 0.5) is 0 Å². The van der Waals surface area contributed by atoms with Crippen LogP contribution in [0.5, 0.6) is 0 Å². The highest BCUT2D eigenvalue weighted by molar-refractivity contribution is 7.91. The second-order valence-corrected chi connectivity index (χ2v) is 4.52. The van der Waals surface area contributed by atoms with Crippen molar-refractivity contribution in [3.8, 4) is 0 Å². The molecule has 0 aliphatic carbocycles. The lowest BCUT2D eigenvalue weighted by molar-refractivity contribution is 0.0852. The molecule has 1 saturated heterocycles. The van der Waals surface area contributed by atoms with Crippen molar-refractivity contribution in [2.45, 2.75) is 13.0 Å². The first kappa shape index (κ1) is 7.02. The molecule has 0 radical (unpaired) electrons. The van der Waals surface area contributed by atoms with E-state index >= 15 is 0 Å². The van der Waals surface area contributed by atoms with Crippen LogP contribution in [-0.4, -0.2) is 32.6 Å². The fraction of sp³-hybridized carbons (Fsp3) is 1.00. The molecule has 0 N–H and O–H groups in total. The first-order valence-corrected chi connectivity index (χ1v) is 4.74. The Hall–Kier alpha value is -0.0900. The molecule has 0 aromatic heterocycles. The first-order chi connectivity index (χ1) is 4.10. The van der Waals surface area contributed by atoms with E-state index in [1.807, 2.05) is 0 Å². The lowest BCUT2D eigenvalue weighted by Crippen LogP contribution is -2.32. The average molecular weight is 150 g/mol. The summed E-state index contributed by atoms with van der Waals surface area (Å²) in [6, 6.07) is 0. The van der Waals surface area contributed by atoms with Crippen LogP contribution in [0.2, 0.25) is 0 Å². The van der Waals surface area contributed by atoms with Gasteiger partial charge in [0.2, 0.25) is 0 Å². The molecular weight excluding hydrogens is 140 g/mol. The third-order valence-corrected chi connectivity index (χ3v) is 3.05. The molecule has 1 heterocycles. The van der Waals surface area contributed by atoms with Gasteiger partial charge in [-0.15, -0.1) is 0 Å². The zero-order valence-corrected chi connectivity index (χ0v) is 6.15. The summed E-state index contributed by atoms with van der Waals surface area (Å²) in [7, 11) is -2.76. The van der Waals surface area contributed by atoms with Gasteiger partial charge in [-0.3, -0.25) is 0 Å². The molecule has 1 aliphatic heterocycles. The van der Waals surface area contributed by atoms with Gasteiger partial charge in [-0.2, -0.15) is 0 Å². The third-order valence-electron chi connectivity index (χ3n) is 1.29. The first-order valence-electron chi connectivity index (χ1n) is 2.92. The number of rotatable bonds is 0. The molecule has 1 fully saturated rings. The maximum atomic E-state index is 10.8. The van der Waals surface area contributed by atoms with Gasteiger partial charge in [-0.25, -0.2) is 8.42 Å². The molecule has 9 heavy (non-hydrogen) atoms. The number of hydrogen-bond donors (Lipinski definition) is 0. The van der Waals surface area contributed by atoms with Crippen molar-refractivity contribution < 1.29 is 13.2 Å². The van der Waals surface area contributed by atoms with Crippen LogP contribution in [-0.2, 0) is 14.6 Å². The van der Waals surface area contributed by atoms with Gasteiger partial charge in [-0.1, -0.05) is 0 Å². The summed E-state index contributed by atoms with van der Waals surface area (Å²) < 4.78 is 26.6. The van der Waals surface area contributed by atoms with Crippen molar-refractivity contribution in [3.63, 3.8) is 0 Å². The molecule has 0 spiro atoms. The Balaban J connectivity index is 2.62. The van der Waals surface area contributed by atoms with Crippen LogP contribution in [0.1, 0.15) is 6.92 Å². The van der Waals surface area contributed by atoms with Gasteiger partial charge in [-0.05, 0) is 6.92 Å². The highest BCUT2D eigenvalue weighted by atomic mass is 32.2. The summed E-state index contributed by atoms with van der Waals surface area (Å²) in [5.74, 6) is 0.379. The van der Waals surface area contributed by atoms with Crippen molar-refractivity contribution in [2.24, 2.45) is 0 Å². The summed E-state index contributed by atoms with van der Waals surface area (Å²) in [5.41, 5.74) is 0. The molecule has 1 aliphatic rings. The molecule has 3 nitrogen and oxygen atoms in total. The average Bonchev–Trinajstić information content (AvgIpc) is 1.60. The highest BCUT2D eigenvalue weighted by Crippen LogP contribution is 2.05. The van der Waals surface area contributed by atoms with Gasteiger partial charge in [0, 0.05) is 0 Å². The Bertz CT molecular complexity index is 182. The monoisotopic (exact) mass is 150 g/mol. The number of ether oxygens (including phenoxy) is 1. The van der Waals surface area contributed by atoms with E-state index in [2.05, 4.69) is 0 Å². The molecule has 54 valence electrons. The molecule has 0 aromatic carbocycles. The van der Waals surface area contributed by atoms with Crippen molar-refractivity contribution in [1.29, 1.82) is 0 Å². The summed E-state index contributed by atoms with van der Waals surface area (Å²) in [6.07, 6.45) is -0.108. The minimum Gasteiger partial charge on any atom is -0.376 e. The number of hydrogen-bond acceptors (Lipinski definition) is 3. The lowest BCUT2D eigenvalue weighted by atomic mass is 10.5. The van der Waals surface area contributed by atoms with E-state index in [0.29, 0.717) is 6.61 Å². The zero-order valence-electron chi connectivity index (χ0n) is 5.33. The third kappa shape index (κ3) is 1.95. The lowest BCUT2D eigenvalue weighted by Gasteiger charge is -2.18. The van der Waals surface area contributed by atoms with Crippen LogP contribution < -0.4 is 0 Å². The Morgan fingerprint density at radius 1 is 1.56 bits per heavy atom. The van der Waals surface area contributed by atoms with Gasteiger partial charge in [0.05, 0.1) is 24.2 Å². The minimum absolute atomic E-state index is 0.108. The van der Waals surface area contributed by atoms with Crippen LogP contribution in [0.15, 0.2) is 0 Å². The van der Waals surface area contributed by atoms with Crippen LogP contribution >= 0.6 is 0 Å². The fourth-order valence-corrected chi connectivity index (χ4v) is 2.19. The molecular formula is C5H10O3S. The van der Waals surface area contributed by atoms with Gasteiger partial charge >= 0.3 is 0 Å². The Morgan fingerprint density at radius 2 is 2.22 bits per heavy atom. The van der Waals surface area contributed by atoms with Crippen molar-refractivity contribution >= 4 is 9.84 Å². The van der Waals surface area contributed by atoms with E-state index in [-0.39, 0.29) is 17.6 Å². The van der Waals surface area contributed by atoms with E-state index in [9.17, 15) is 8.42 Å². The van der Waals surface area contributed by atoms with Gasteiger partial charge in [0.25, 0.3) is 0 Å². The summed E-state index contributed by atoms with van der Waals surface area (Å²) >= 11 is 0. The zero-order chi connectivity index (χ0) is 6.91. The Kier molecular flexibility index (Phi) is 1.77. The van der Waals surface area contributed by atoms with Crippen molar-refractivity contribution in [2.75, 3.05) is 18.1 Å². The molecule has 0 bridgehead atoms. The quantitative estimate of drug-likeness (QED) is 0.481. The SMILES string of the molecule is C[C@@H]1CS(=O)(=O)CCO1. The van der Waals surface area contributed by atoms with Crippen LogP contribution in [0.25, 0.3) is 0 Å². The van der Waals surface area contributed by atoms with E-state index in [4.69, 9.17) is 4.74 Å². The number of sulfone groups is 1. The Morgan fingerprint density at radius 3 is 2.56 bits per heavy atom. The van der Waals surface area contributed by atoms with Crippen molar-refractivity contribution in [3.05, 3.63) is 0 Å². The molecule has 1 atom stereocenters. The van der Waals surface area contributed by atoms with Crippen LogP contribution in [0.3, 0.4) is 0 Å². The molecule has 1 rings (SSSR count). The molecule has 0 unspecified atom stereocenters. The standard InChI is InChI=1S/C5H10O3S/c1-5-4-9(6,7)3-2-8-5/h5H,2-4H2,1H3/t5-/m1/s1. The molecule has 0 saturated carbocycles. The minimum atomic E-state index is -2.76. The molecule has 4 heteroatoms. The second-order valence-electron chi connectivity index (χ2n) is 2.30. The predicted octanol–water partition coefficient (Wildman–Crippen LogP) is -0.180. The highest BCUT2D eigenvalue weighted by Gasteiger charge is 2.21. The fourth-order valence-electron chi connectivity index (χ4n) is 0.865. The normalized spacial score (nSPS) is 34.1. The summed E-state index contributed by atoms with van der Waals surface area (Å²) in [6.45, 7) is 2.14. The maximum absolute atomic E-state index is 10.8. The van der Waals surface area contributed by atoms with Gasteiger partial charge in [0.15, 0.2) is 9.84 Å². The van der Waals surface area contributed by atoms with Crippen LogP contribution in [0, 0.1) is 0 Å². The summed E-state index contributed by atoms with van der Waals surface area (Å²) in [5, 5.41) is 0. The second kappa shape index (κ2) is 2.27. The smallest absolute Gasteiger partial charge is 0.155 e. The van der Waals surface area contributed by atoms with E-state index in [0.717, 1.165) is 0 Å². The largest absolute Gasteiger partial charge is 0.376 e. The topological polar surface area (TPSA) is 43.4 Å². The molecule has 0 amide bonds.